The van der Waals surface area contributed by atoms with Crippen molar-refractivity contribution in [2.24, 2.45) is 0 Å². The zero-order chi connectivity index (χ0) is 21.4. The monoisotopic (exact) mass is 480 g/mol. The Labute approximate surface area is 184 Å². The Balaban J connectivity index is 2.05. The molecule has 0 saturated heterocycles. The number of nitrogens with zero attached hydrogens (tertiary/aromatic N) is 1. The molecule has 0 aliphatic rings. The van der Waals surface area contributed by atoms with Gasteiger partial charge in [0.1, 0.15) is 11.9 Å². The van der Waals surface area contributed by atoms with Gasteiger partial charge >= 0.3 is 0 Å². The van der Waals surface area contributed by atoms with Gasteiger partial charge in [0.15, 0.2) is 0 Å². The van der Waals surface area contributed by atoms with E-state index in [0.717, 1.165) is 15.6 Å². The normalized spacial score (nSPS) is 11.9. The number of hydrogen-bond acceptors (Lipinski definition) is 3. The minimum absolute atomic E-state index is 0.0143. The van der Waals surface area contributed by atoms with E-state index in [1.807, 2.05) is 38.1 Å². The third kappa shape index (κ3) is 7.82. The molecule has 2 amide bonds. The van der Waals surface area contributed by atoms with E-state index >= 15 is 0 Å². The molecule has 0 aliphatic heterocycles. The van der Waals surface area contributed by atoms with Gasteiger partial charge < -0.3 is 10.2 Å². The molecule has 4 nitrogen and oxygen atoms in total. The molecule has 0 aromatic heterocycles. The van der Waals surface area contributed by atoms with E-state index in [1.165, 1.54) is 23.9 Å². The molecule has 2 aromatic rings. The predicted molar refractivity (Wildman–Crippen MR) is 120 cm³/mol. The summed E-state index contributed by atoms with van der Waals surface area (Å²) in [5.74, 6) is 0.311. The Hall–Kier alpha value is -1.86. The molecule has 0 radical (unpaired) electrons. The van der Waals surface area contributed by atoms with Gasteiger partial charge in [0.2, 0.25) is 11.8 Å². The number of thioether (sulfide) groups is 1. The molecule has 2 rings (SSSR count). The highest BCUT2D eigenvalue weighted by Gasteiger charge is 2.26. The summed E-state index contributed by atoms with van der Waals surface area (Å²) in [6.07, 6.45) is 0. The van der Waals surface area contributed by atoms with Crippen molar-refractivity contribution < 1.29 is 14.0 Å². The zero-order valence-corrected chi connectivity index (χ0v) is 19.2. The number of carbonyl (C=O) groups excluding carboxylic acids is 2. The van der Waals surface area contributed by atoms with E-state index < -0.39 is 6.04 Å². The summed E-state index contributed by atoms with van der Waals surface area (Å²) in [7, 11) is 0. The third-order valence-corrected chi connectivity index (χ3v) is 5.79. The minimum Gasteiger partial charge on any atom is -0.352 e. The van der Waals surface area contributed by atoms with Crippen molar-refractivity contribution in [1.82, 2.24) is 10.2 Å². The van der Waals surface area contributed by atoms with Crippen molar-refractivity contribution in [2.75, 3.05) is 5.75 Å². The second-order valence-electron chi connectivity index (χ2n) is 7.11. The van der Waals surface area contributed by atoms with Crippen LogP contribution in [0.5, 0.6) is 0 Å². The van der Waals surface area contributed by atoms with E-state index in [2.05, 4.69) is 21.2 Å². The number of rotatable bonds is 9. The average molecular weight is 481 g/mol. The highest BCUT2D eigenvalue weighted by atomic mass is 79.9. The van der Waals surface area contributed by atoms with Crippen molar-refractivity contribution >= 4 is 39.5 Å². The van der Waals surface area contributed by atoms with Gasteiger partial charge in [0, 0.05) is 22.8 Å². The Morgan fingerprint density at radius 2 is 1.62 bits per heavy atom. The lowest BCUT2D eigenvalue weighted by Crippen LogP contribution is -2.49. The Kier molecular flexibility index (Phi) is 9.17. The molecule has 0 bridgehead atoms. The van der Waals surface area contributed by atoms with Crippen molar-refractivity contribution in [1.29, 1.82) is 0 Å². The maximum Gasteiger partial charge on any atom is 0.242 e. The van der Waals surface area contributed by atoms with Crippen LogP contribution in [-0.2, 0) is 21.9 Å². The van der Waals surface area contributed by atoms with Gasteiger partial charge in [0.05, 0.1) is 5.75 Å². The second-order valence-corrected chi connectivity index (χ2v) is 9.01. The number of carbonyl (C=O) groups is 2. The maximum atomic E-state index is 13.2. The lowest BCUT2D eigenvalue weighted by molar-refractivity contribution is -0.138. The van der Waals surface area contributed by atoms with Crippen LogP contribution >= 0.6 is 27.7 Å². The van der Waals surface area contributed by atoms with Gasteiger partial charge in [-0.15, -0.1) is 11.8 Å². The highest BCUT2D eigenvalue weighted by molar-refractivity contribution is 9.10. The van der Waals surface area contributed by atoms with Crippen LogP contribution in [0.4, 0.5) is 4.39 Å². The largest absolute Gasteiger partial charge is 0.352 e. The molecule has 0 unspecified atom stereocenters. The van der Waals surface area contributed by atoms with Crippen LogP contribution in [0.1, 0.15) is 31.9 Å². The first-order valence-corrected chi connectivity index (χ1v) is 11.4. The van der Waals surface area contributed by atoms with Gasteiger partial charge in [-0.05, 0) is 56.2 Å². The summed E-state index contributed by atoms with van der Waals surface area (Å²) in [6.45, 7) is 5.73. The van der Waals surface area contributed by atoms with Crippen molar-refractivity contribution in [3.8, 4) is 0 Å². The van der Waals surface area contributed by atoms with E-state index in [0.29, 0.717) is 5.75 Å². The predicted octanol–water partition coefficient (Wildman–Crippen LogP) is 4.76. The van der Waals surface area contributed by atoms with Crippen LogP contribution in [0.15, 0.2) is 53.0 Å². The van der Waals surface area contributed by atoms with Gasteiger partial charge in [-0.2, -0.15) is 0 Å². The maximum absolute atomic E-state index is 13.2. The number of nitrogens with one attached hydrogen (secondary N) is 1. The molecule has 29 heavy (non-hydrogen) atoms. The summed E-state index contributed by atoms with van der Waals surface area (Å²) in [6, 6.07) is 13.3. The molecule has 7 heteroatoms. The fourth-order valence-electron chi connectivity index (χ4n) is 2.69. The van der Waals surface area contributed by atoms with Gasteiger partial charge in [-0.3, -0.25) is 9.59 Å². The number of benzene rings is 2. The molecule has 1 N–H and O–H groups in total. The minimum atomic E-state index is -0.622. The van der Waals surface area contributed by atoms with E-state index in [1.54, 1.807) is 24.0 Å². The van der Waals surface area contributed by atoms with Crippen LogP contribution in [0.3, 0.4) is 0 Å². The molecule has 0 saturated carbocycles. The van der Waals surface area contributed by atoms with Crippen molar-refractivity contribution in [2.45, 2.75) is 45.2 Å². The Morgan fingerprint density at radius 3 is 2.21 bits per heavy atom. The summed E-state index contributed by atoms with van der Waals surface area (Å²) >= 11 is 4.92. The molecule has 0 heterocycles. The smallest absolute Gasteiger partial charge is 0.242 e. The molecular formula is C22H26BrFN2O2S. The second kappa shape index (κ2) is 11.4. The standard InChI is InChI=1S/C22H26BrFN2O2S/c1-15(2)25-22(28)16(3)26(12-17-6-10-20(24)11-7-17)21(27)14-29-13-18-4-8-19(23)9-5-18/h4-11,15-16H,12-14H2,1-3H3,(H,25,28)/t16-/m1/s1. The first-order valence-electron chi connectivity index (χ1n) is 9.42. The van der Waals surface area contributed by atoms with Crippen molar-refractivity contribution in [3.63, 3.8) is 0 Å². The zero-order valence-electron chi connectivity index (χ0n) is 16.8. The summed E-state index contributed by atoms with van der Waals surface area (Å²) in [5.41, 5.74) is 1.91. The molecule has 1 atom stereocenters. The highest BCUT2D eigenvalue weighted by Crippen LogP contribution is 2.18. The SMILES string of the molecule is CC(C)NC(=O)[C@@H](C)N(Cc1ccc(F)cc1)C(=O)CSCc1ccc(Br)cc1. The fraction of sp³-hybridized carbons (Fsp3) is 0.364. The van der Waals surface area contributed by atoms with Crippen LogP contribution < -0.4 is 5.32 Å². The van der Waals surface area contributed by atoms with Crippen LogP contribution in [-0.4, -0.2) is 34.6 Å². The molecule has 0 aliphatic carbocycles. The topological polar surface area (TPSA) is 49.4 Å². The van der Waals surface area contributed by atoms with E-state index in [9.17, 15) is 14.0 Å². The molecule has 156 valence electrons. The summed E-state index contributed by atoms with van der Waals surface area (Å²) in [4.78, 5) is 27.0. The Bertz CT molecular complexity index is 813. The number of hydrogen-bond donors (Lipinski definition) is 1. The number of halogens is 2. The van der Waals surface area contributed by atoms with E-state index in [-0.39, 0.29) is 36.0 Å². The van der Waals surface area contributed by atoms with E-state index in [4.69, 9.17) is 0 Å². The fourth-order valence-corrected chi connectivity index (χ4v) is 3.83. The van der Waals surface area contributed by atoms with Gasteiger partial charge in [-0.1, -0.05) is 40.2 Å². The third-order valence-electron chi connectivity index (χ3n) is 4.27. The average Bonchev–Trinajstić information content (AvgIpc) is 2.68. The number of amides is 2. The first kappa shape index (κ1) is 23.4. The molecule has 2 aromatic carbocycles. The molecule has 0 fully saturated rings. The Morgan fingerprint density at radius 1 is 1.03 bits per heavy atom. The lowest BCUT2D eigenvalue weighted by atomic mass is 10.1. The van der Waals surface area contributed by atoms with Gasteiger partial charge in [-0.25, -0.2) is 4.39 Å². The molecular weight excluding hydrogens is 455 g/mol. The molecule has 0 spiro atoms. The van der Waals surface area contributed by atoms with Crippen LogP contribution in [0, 0.1) is 5.82 Å². The van der Waals surface area contributed by atoms with Crippen LogP contribution in [0.25, 0.3) is 0 Å². The quantitative estimate of drug-likeness (QED) is 0.562. The van der Waals surface area contributed by atoms with Gasteiger partial charge in [0.25, 0.3) is 0 Å². The van der Waals surface area contributed by atoms with Crippen LogP contribution in [0.2, 0.25) is 0 Å². The summed E-state index contributed by atoms with van der Waals surface area (Å²) in [5, 5.41) is 2.86. The lowest BCUT2D eigenvalue weighted by Gasteiger charge is -2.29. The van der Waals surface area contributed by atoms with Crippen molar-refractivity contribution in [3.05, 3.63) is 69.9 Å². The summed E-state index contributed by atoms with van der Waals surface area (Å²) < 4.78 is 14.2. The first-order chi connectivity index (χ1) is 13.8.